The first-order chi connectivity index (χ1) is 21.2. The molecule has 2 aromatic rings. The number of aromatic nitrogens is 3. The Kier molecular flexibility index (Phi) is 8.35. The van der Waals surface area contributed by atoms with Crippen LogP contribution in [0.4, 0.5) is 21.6 Å². The Balaban J connectivity index is 1.33. The highest BCUT2D eigenvalue weighted by atomic mass is 19.1. The number of hydrogen-bond donors (Lipinski definition) is 0. The maximum absolute atomic E-state index is 13.8. The summed E-state index contributed by atoms with van der Waals surface area (Å²) < 4.78 is 20.0. The minimum absolute atomic E-state index is 0.0628. The normalized spacial score (nSPS) is 22.0. The molecule has 0 spiro atoms. The van der Waals surface area contributed by atoms with Crippen molar-refractivity contribution in [3.63, 3.8) is 0 Å². The molecule has 6 rings (SSSR count). The Labute approximate surface area is 256 Å². The first kappa shape index (κ1) is 29.7. The summed E-state index contributed by atoms with van der Waals surface area (Å²) in [4.78, 5) is 49.1. The second-order valence-corrected chi connectivity index (χ2v) is 12.0. The number of nitrogens with zero attached hydrogens (tertiary/aromatic N) is 9. The zero-order valence-electron chi connectivity index (χ0n) is 25.3. The quantitative estimate of drug-likeness (QED) is 0.436. The van der Waals surface area contributed by atoms with Gasteiger partial charge in [-0.2, -0.15) is 15.2 Å². The number of likely N-dealkylation sites (tertiary alicyclic amines) is 1. The Morgan fingerprint density at radius 1 is 1.11 bits per heavy atom. The highest BCUT2D eigenvalue weighted by Gasteiger charge is 2.36. The van der Waals surface area contributed by atoms with Crippen LogP contribution < -0.4 is 19.4 Å². The second kappa shape index (κ2) is 12.4. The first-order valence-corrected chi connectivity index (χ1v) is 15.2. The van der Waals surface area contributed by atoms with E-state index in [1.54, 1.807) is 18.1 Å². The Hall–Kier alpha value is -4.31. The van der Waals surface area contributed by atoms with Crippen LogP contribution in [-0.4, -0.2) is 102 Å². The average Bonchev–Trinajstić information content (AvgIpc) is 3.44. The van der Waals surface area contributed by atoms with Gasteiger partial charge in [0.2, 0.25) is 5.91 Å². The van der Waals surface area contributed by atoms with E-state index in [4.69, 9.17) is 14.7 Å². The molecule has 0 bridgehead atoms. The first-order valence-electron chi connectivity index (χ1n) is 15.2. The molecule has 6 heterocycles. The van der Waals surface area contributed by atoms with Crippen molar-refractivity contribution in [1.82, 2.24) is 24.8 Å². The molecule has 12 nitrogen and oxygen atoms in total. The van der Waals surface area contributed by atoms with Crippen molar-refractivity contribution in [3.05, 3.63) is 41.6 Å². The number of pyridine rings is 1. The molecule has 0 aliphatic carbocycles. The standard InChI is InChI=1S/C31H38FN9O3/c1-20(32)30(43)41-16-15-40(17-21(41)8-11-33)29-23-10-14-39(26-9-12-34-24-6-7-27(42)38(3)28(24)26)18-25(23)35-31(36-29)44-19-22-5-4-13-37(22)2/h9,12,21-22H,1,4-8,10,13-19H2,2-3H3/t21-,22-/m0/s1. The number of nitriles is 1. The molecule has 0 unspecified atom stereocenters. The third kappa shape index (κ3) is 5.66. The van der Waals surface area contributed by atoms with Crippen LogP contribution in [0, 0.1) is 11.3 Å². The van der Waals surface area contributed by atoms with Gasteiger partial charge >= 0.3 is 6.01 Å². The van der Waals surface area contributed by atoms with Gasteiger partial charge in [-0.15, -0.1) is 0 Å². The van der Waals surface area contributed by atoms with E-state index >= 15 is 0 Å². The topological polar surface area (TPSA) is 122 Å². The molecule has 44 heavy (non-hydrogen) atoms. The Morgan fingerprint density at radius 2 is 1.95 bits per heavy atom. The van der Waals surface area contributed by atoms with E-state index < -0.39 is 17.8 Å². The van der Waals surface area contributed by atoms with Crippen molar-refractivity contribution in [2.45, 2.75) is 57.2 Å². The Bertz CT molecular complexity index is 1510. The second-order valence-electron chi connectivity index (χ2n) is 12.0. The highest BCUT2D eigenvalue weighted by Crippen LogP contribution is 2.39. The highest BCUT2D eigenvalue weighted by molar-refractivity contribution is 5.99. The smallest absolute Gasteiger partial charge is 0.318 e. The summed E-state index contributed by atoms with van der Waals surface area (Å²) in [5.74, 6) is -1.01. The zero-order chi connectivity index (χ0) is 31.0. The molecule has 2 saturated heterocycles. The van der Waals surface area contributed by atoms with E-state index in [1.807, 2.05) is 6.07 Å². The molecule has 4 aliphatic heterocycles. The molecule has 2 amide bonds. The molecule has 0 saturated carbocycles. The van der Waals surface area contributed by atoms with Crippen molar-refractivity contribution in [2.75, 3.05) is 68.1 Å². The van der Waals surface area contributed by atoms with E-state index in [1.165, 1.54) is 4.90 Å². The summed E-state index contributed by atoms with van der Waals surface area (Å²) in [7, 11) is 3.90. The average molecular weight is 604 g/mol. The molecule has 232 valence electrons. The number of hydrogen-bond acceptors (Lipinski definition) is 10. The number of halogens is 1. The number of carbonyl (C=O) groups is 2. The lowest BCUT2D eigenvalue weighted by Gasteiger charge is -2.42. The van der Waals surface area contributed by atoms with Crippen LogP contribution in [0.2, 0.25) is 0 Å². The lowest BCUT2D eigenvalue weighted by Crippen LogP contribution is -2.55. The van der Waals surface area contributed by atoms with Gasteiger partial charge in [0, 0.05) is 63.9 Å². The minimum atomic E-state index is -1.03. The molecule has 13 heteroatoms. The molecule has 4 aliphatic rings. The van der Waals surface area contributed by atoms with Crippen molar-refractivity contribution >= 4 is 29.0 Å². The zero-order valence-corrected chi connectivity index (χ0v) is 25.3. The maximum Gasteiger partial charge on any atom is 0.318 e. The molecule has 2 aromatic heterocycles. The van der Waals surface area contributed by atoms with Gasteiger partial charge in [0.15, 0.2) is 5.83 Å². The summed E-state index contributed by atoms with van der Waals surface area (Å²) in [5, 5.41) is 9.49. The van der Waals surface area contributed by atoms with E-state index in [-0.39, 0.29) is 30.9 Å². The summed E-state index contributed by atoms with van der Waals surface area (Å²) in [6.45, 7) is 6.83. The van der Waals surface area contributed by atoms with Crippen molar-refractivity contribution in [1.29, 1.82) is 5.26 Å². The number of amides is 2. The van der Waals surface area contributed by atoms with E-state index in [0.29, 0.717) is 52.0 Å². The van der Waals surface area contributed by atoms with Crippen molar-refractivity contribution < 1.29 is 18.7 Å². The van der Waals surface area contributed by atoms with Crippen molar-refractivity contribution in [3.8, 4) is 12.1 Å². The molecule has 2 fully saturated rings. The van der Waals surface area contributed by atoms with Crippen LogP contribution in [-0.2, 0) is 29.0 Å². The lowest BCUT2D eigenvalue weighted by molar-refractivity contribution is -0.131. The number of fused-ring (bicyclic) bond motifs is 2. The van der Waals surface area contributed by atoms with Gasteiger partial charge in [-0.25, -0.2) is 4.39 Å². The number of likely N-dealkylation sites (N-methyl/N-ethyl adjacent to an activating group) is 1. The monoisotopic (exact) mass is 603 g/mol. The van der Waals surface area contributed by atoms with Crippen LogP contribution in [0.1, 0.15) is 42.6 Å². The van der Waals surface area contributed by atoms with E-state index in [9.17, 15) is 19.2 Å². The largest absolute Gasteiger partial charge is 0.462 e. The van der Waals surface area contributed by atoms with Crippen LogP contribution in [0.3, 0.4) is 0 Å². The fraction of sp³-hybridized carbons (Fsp3) is 0.548. The molecular formula is C31H38FN9O3. The van der Waals surface area contributed by atoms with Gasteiger partial charge in [-0.1, -0.05) is 6.58 Å². The molecule has 0 radical (unpaired) electrons. The predicted molar refractivity (Wildman–Crippen MR) is 162 cm³/mol. The van der Waals surface area contributed by atoms with E-state index in [2.05, 4.69) is 39.4 Å². The molecule has 0 N–H and O–H groups in total. The fourth-order valence-corrected chi connectivity index (χ4v) is 6.84. The summed E-state index contributed by atoms with van der Waals surface area (Å²) in [6.07, 6.45) is 5.74. The van der Waals surface area contributed by atoms with E-state index in [0.717, 1.165) is 53.5 Å². The third-order valence-corrected chi connectivity index (χ3v) is 9.31. The number of aryl methyl sites for hydroxylation is 1. The van der Waals surface area contributed by atoms with Gasteiger partial charge in [0.1, 0.15) is 12.4 Å². The lowest BCUT2D eigenvalue weighted by atomic mass is 10.0. The van der Waals surface area contributed by atoms with Gasteiger partial charge in [-0.05, 0) is 38.9 Å². The van der Waals surface area contributed by atoms with Crippen molar-refractivity contribution in [2.24, 2.45) is 0 Å². The number of anilines is 3. The van der Waals surface area contributed by atoms with Crippen LogP contribution in [0.5, 0.6) is 6.01 Å². The maximum atomic E-state index is 13.8. The van der Waals surface area contributed by atoms with Crippen LogP contribution >= 0.6 is 0 Å². The fourth-order valence-electron chi connectivity index (χ4n) is 6.84. The molecule has 0 aromatic carbocycles. The molecule has 2 atom stereocenters. The number of ether oxygens (including phenoxy) is 1. The van der Waals surface area contributed by atoms with Gasteiger partial charge in [-0.3, -0.25) is 14.6 Å². The minimum Gasteiger partial charge on any atom is -0.462 e. The summed E-state index contributed by atoms with van der Waals surface area (Å²) in [5.41, 5.74) is 4.52. The van der Waals surface area contributed by atoms with Gasteiger partial charge < -0.3 is 29.2 Å². The molecular weight excluding hydrogens is 565 g/mol. The predicted octanol–water partition coefficient (Wildman–Crippen LogP) is 2.23. The number of piperazine rings is 1. The third-order valence-electron chi connectivity index (χ3n) is 9.31. The van der Waals surface area contributed by atoms with Gasteiger partial charge in [0.25, 0.3) is 5.91 Å². The number of carbonyl (C=O) groups excluding carboxylic acids is 2. The van der Waals surface area contributed by atoms with Crippen LogP contribution in [0.15, 0.2) is 24.7 Å². The summed E-state index contributed by atoms with van der Waals surface area (Å²) >= 11 is 0. The summed E-state index contributed by atoms with van der Waals surface area (Å²) in [6, 6.07) is 4.17. The van der Waals surface area contributed by atoms with Gasteiger partial charge in [0.05, 0.1) is 47.8 Å². The number of rotatable bonds is 7. The Morgan fingerprint density at radius 3 is 2.70 bits per heavy atom. The van der Waals surface area contributed by atoms with Crippen LogP contribution in [0.25, 0.3) is 0 Å². The SMILES string of the molecule is C=C(F)C(=O)N1CCN(c2nc(OC[C@@H]3CCCN3C)nc3c2CCN(c2ccnc4c2N(C)C(=O)CC4)C3)C[C@@H]1CC#N.